The molecule has 0 bridgehead atoms. The van der Waals surface area contributed by atoms with Crippen LogP contribution in [0.2, 0.25) is 0 Å². The summed E-state index contributed by atoms with van der Waals surface area (Å²) in [5.41, 5.74) is 18.9. The summed E-state index contributed by atoms with van der Waals surface area (Å²) >= 11 is 35.0. The number of carbonyl (C=O) groups excluding carboxylic acids is 7. The van der Waals surface area contributed by atoms with Crippen LogP contribution < -0.4 is 27.0 Å². The molecule has 3 aliphatic heterocycles. The van der Waals surface area contributed by atoms with Crippen molar-refractivity contribution in [2.45, 2.75) is 177 Å². The molecule has 2 aromatic heterocycles. The van der Waals surface area contributed by atoms with Crippen molar-refractivity contribution in [3.05, 3.63) is 227 Å². The lowest BCUT2D eigenvalue weighted by molar-refractivity contribution is -0.115. The minimum Gasteiger partial charge on any atom is -0.478 e. The van der Waals surface area contributed by atoms with Gasteiger partial charge in [0.15, 0.2) is 10.3 Å². The van der Waals surface area contributed by atoms with Gasteiger partial charge in [-0.1, -0.05) is 127 Å². The number of fused-ring (bicyclic) bond motifs is 3. The number of nitrogens with two attached hydrogens (primary N) is 1. The number of alkyl halides is 1. The largest absolute Gasteiger partial charge is 0.478 e. The average molecular weight is 2860 g/mol. The number of hydrogen-bond acceptors (Lipinski definition) is 19. The van der Waals surface area contributed by atoms with Crippen LogP contribution in [-0.4, -0.2) is 167 Å². The minimum atomic E-state index is -2.67. The predicted octanol–water partition coefficient (Wildman–Crippen LogP) is 27.0. The number of nitrogens with zero attached hydrogens (tertiary/aromatic N) is 5. The number of carboxylic acid groups (broad SMARTS) is 2. The summed E-state index contributed by atoms with van der Waals surface area (Å²) in [7, 11) is -3.23. The summed E-state index contributed by atoms with van der Waals surface area (Å²) < 4.78 is 53.9. The zero-order valence-corrected chi connectivity index (χ0v) is 103. The molecule has 9 aromatic rings. The number of halogens is 11. The van der Waals surface area contributed by atoms with Gasteiger partial charge in [0.2, 0.25) is 11.8 Å². The van der Waals surface area contributed by atoms with Gasteiger partial charge in [-0.25, -0.2) is 29.1 Å². The monoisotopic (exact) mass is 2850 g/mol. The van der Waals surface area contributed by atoms with Crippen LogP contribution in [0.4, 0.5) is 10.3 Å². The van der Waals surface area contributed by atoms with E-state index in [2.05, 4.69) is 238 Å². The lowest BCUT2D eigenvalue weighted by Gasteiger charge is -2.24. The van der Waals surface area contributed by atoms with E-state index in [0.29, 0.717) is 91.3 Å². The molecule has 24 nitrogen and oxygen atoms in total. The van der Waals surface area contributed by atoms with Crippen LogP contribution in [0.3, 0.4) is 0 Å². The molecule has 734 valence electrons. The highest BCUT2D eigenvalue weighted by Crippen LogP contribution is 2.48. The first-order valence-electron chi connectivity index (χ1n) is 42.8. The van der Waals surface area contributed by atoms with Crippen molar-refractivity contribution in [3.63, 3.8) is 0 Å². The van der Waals surface area contributed by atoms with Crippen LogP contribution in [0.15, 0.2) is 123 Å². The van der Waals surface area contributed by atoms with Gasteiger partial charge in [-0.05, 0) is 390 Å². The molecule has 16 rings (SSSR count). The Morgan fingerprint density at radius 2 is 0.890 bits per heavy atom. The Hall–Kier alpha value is -4.17. The number of aromatic nitrogens is 2. The third kappa shape index (κ3) is 35.1. The minimum absolute atomic E-state index is 0.00448. The maximum Gasteiger partial charge on any atom is 0.339 e. The number of ether oxygens (including phenoxy) is 2. The fourth-order valence-electron chi connectivity index (χ4n) is 14.7. The standard InChI is InChI=1S/C21H26N3O3PS.C15H19BrNO2P.C13H13BrINO.C9H7Br2IO2.C9H8BrIO2.C8H6BrIO2.C8H7BrO2.C6H8N2OS.C5H11N.C2H6OP/c1-11-19(29-21(22-11)23-13(3)25)15-8-16-10-24(12(2)14-6-7-14)20(26)18(16)17(9-15)28(4,5)27;1-9(10-4-5-10)17-8-11-6-12(16)7-13(20(2,3)19)14(11)15(17)18;1-7(8-2-3-8)16-6-9-4-10(14)5-11(15)12(9)13(16)17;1-14-9(13)8-5(4-10)2-6(11)3-7(8)12;1-5-3-6(10)4-7(11)8(5)9(12)13-2;1-4-2-5(9)3-6(10)7(4)8(11)12;1-5-4-6(9)2-3-7(5)8(10)11;1-4-3-10-6(7-4)8-5(2)9;1-4(6)5-2-3-5;1-4(2)3/h8-9,12,14H,6-7,10H2,1-5H3,(H,22,23,25);6-7,9-10H,4-5,8H2,1-3H3;4-5,7-8H,2-3,6H2,1H3;2-3H,4H2,1H3;3-4H,1-2H3;2-3H,1H3,(H,11,12);2-4H,1H3,(H,10,11);3H,1-2H3,(H,7,8,9);4-5H,2-3,6H2,1H3;1-2H3/q;;;;;;;;;+1/t12-;9-;7-;;;;;;4-;/m000.....0./s1. The second-order valence-corrected chi connectivity index (χ2v) is 55.1. The van der Waals surface area contributed by atoms with Crippen molar-refractivity contribution in [2.24, 2.45) is 29.4 Å². The molecule has 5 heterocycles. The zero-order chi connectivity index (χ0) is 102. The predicted molar refractivity (Wildman–Crippen MR) is 607 cm³/mol. The number of esters is 2. The first-order valence-corrected chi connectivity index (χ1v) is 62.1. The van der Waals surface area contributed by atoms with Gasteiger partial charge >= 0.3 is 31.7 Å². The Labute approximate surface area is 919 Å². The van der Waals surface area contributed by atoms with Crippen molar-refractivity contribution in [1.29, 1.82) is 0 Å². The van der Waals surface area contributed by atoms with Gasteiger partial charge in [0.05, 0.1) is 69.4 Å². The van der Waals surface area contributed by atoms with Crippen LogP contribution in [0, 0.1) is 72.6 Å². The summed E-state index contributed by atoms with van der Waals surface area (Å²) in [6.45, 7) is 32.9. The number of nitrogens with one attached hydrogen (secondary N) is 2. The lowest BCUT2D eigenvalue weighted by atomic mass is 10.0. The first-order chi connectivity index (χ1) is 63.4. The van der Waals surface area contributed by atoms with E-state index in [0.717, 1.165) is 126 Å². The molecule has 4 saturated carbocycles. The van der Waals surface area contributed by atoms with Crippen molar-refractivity contribution in [3.8, 4) is 10.4 Å². The number of carboxylic acids is 2. The Kier molecular flexibility index (Phi) is 46.8. The summed E-state index contributed by atoms with van der Waals surface area (Å²) in [4.78, 5) is 120. The fraction of sp³-hybridized carbons (Fsp3) is 0.406. The fourth-order valence-corrected chi connectivity index (χ4v) is 28.2. The van der Waals surface area contributed by atoms with Crippen molar-refractivity contribution >= 4 is 321 Å². The Balaban J connectivity index is 0.000000213. The van der Waals surface area contributed by atoms with E-state index in [1.165, 1.54) is 108 Å². The highest BCUT2D eigenvalue weighted by atomic mass is 127. The van der Waals surface area contributed by atoms with Gasteiger partial charge in [0, 0.05) is 120 Å². The second kappa shape index (κ2) is 53.6. The van der Waals surface area contributed by atoms with Gasteiger partial charge in [0.1, 0.15) is 27.6 Å². The molecule has 40 heteroatoms. The van der Waals surface area contributed by atoms with Gasteiger partial charge in [0.25, 0.3) is 17.7 Å². The number of hydrogen-bond donors (Lipinski definition) is 5. The van der Waals surface area contributed by atoms with Crippen molar-refractivity contribution < 1.29 is 76.5 Å². The number of methoxy groups -OCH3 is 2. The van der Waals surface area contributed by atoms with Crippen LogP contribution in [0.25, 0.3) is 10.4 Å². The Bertz CT molecular complexity index is 6060. The second-order valence-electron chi connectivity index (χ2n) is 34.5. The molecule has 7 aromatic carbocycles. The number of rotatable bonds is 17. The van der Waals surface area contributed by atoms with Crippen LogP contribution in [0.1, 0.15) is 216 Å². The van der Waals surface area contributed by atoms with E-state index in [1.54, 1.807) is 84.2 Å². The molecule has 0 unspecified atom stereocenters. The summed E-state index contributed by atoms with van der Waals surface area (Å²) in [5.74, 6) is 0.554. The molecular weight excluding hydrogens is 2750 g/mol. The number of benzene rings is 7. The topological polar surface area (TPSA) is 349 Å². The van der Waals surface area contributed by atoms with Crippen molar-refractivity contribution in [2.75, 3.05) is 64.8 Å². The van der Waals surface area contributed by atoms with E-state index in [-0.39, 0.29) is 53.6 Å². The van der Waals surface area contributed by atoms with Gasteiger partial charge in [-0.2, -0.15) is 0 Å². The van der Waals surface area contributed by atoms with Gasteiger partial charge < -0.3 is 59.9 Å². The molecule has 0 saturated heterocycles. The van der Waals surface area contributed by atoms with E-state index in [1.807, 2.05) is 118 Å². The number of anilines is 2. The van der Waals surface area contributed by atoms with Crippen LogP contribution in [-0.2, 0) is 57.7 Å². The maximum atomic E-state index is 13.2. The average Bonchev–Trinajstić information content (AvgIpc) is 1.60. The molecule has 136 heavy (non-hydrogen) atoms. The van der Waals surface area contributed by atoms with E-state index in [4.69, 9.17) is 20.7 Å². The summed E-state index contributed by atoms with van der Waals surface area (Å²) in [5, 5.41) is 27.9. The third-order valence-electron chi connectivity index (χ3n) is 22.3. The van der Waals surface area contributed by atoms with E-state index < -0.39 is 34.0 Å². The van der Waals surface area contributed by atoms with E-state index in [9.17, 15) is 56.8 Å². The summed E-state index contributed by atoms with van der Waals surface area (Å²) in [6.07, 6.45) is 10.1. The van der Waals surface area contributed by atoms with Crippen molar-refractivity contribution in [1.82, 2.24) is 24.7 Å². The van der Waals surface area contributed by atoms with E-state index >= 15 is 0 Å². The number of amides is 5. The molecule has 7 aliphatic rings. The number of carbonyl (C=O) groups is 9. The SMILES string of the molecule is CC(=O)Nc1nc(C)c(-c2cc3c(c(P(C)(C)=O)c2)C(=O)N([C@@H](C)C2CC2)C3)s1.CC(=O)Nc1nc(C)cs1.COC(=O)c1c(C)cc(Br)cc1I.COC(=O)c1c(I)cc(Br)cc1CBr.C[C@@H](C1CC1)N1Cc2cc(Br)cc(I)c2C1=O.C[C@@H](C1CC1)N1Cc2cc(Br)cc(P(C)(C)=O)c2C1=O.C[C@H](N)C1CC1.C[P+](C)=O.Cc1cc(Br)cc(I)c1C(=O)O.Cc1cc(Br)ccc1C(=O)O. The summed E-state index contributed by atoms with van der Waals surface area (Å²) in [6, 6.07) is 29.5. The third-order valence-corrected chi connectivity index (χ3v) is 34.1. The maximum absolute atomic E-state index is 13.2. The van der Waals surface area contributed by atoms with Crippen LogP contribution >= 0.6 is 247 Å². The molecule has 4 fully saturated rings. The number of thiazole rings is 2. The molecule has 4 aliphatic carbocycles. The van der Waals surface area contributed by atoms with Gasteiger partial charge in [-0.15, -0.1) is 11.3 Å². The smallest absolute Gasteiger partial charge is 0.339 e. The molecule has 4 atom stereocenters. The molecule has 0 spiro atoms. The van der Waals surface area contributed by atoms with Gasteiger partial charge in [-0.3, -0.25) is 24.0 Å². The quantitative estimate of drug-likeness (QED) is 0.0245. The molecule has 6 N–H and O–H groups in total. The number of aryl methyl sites for hydroxylation is 5. The Morgan fingerprint density at radius 1 is 0.515 bits per heavy atom. The lowest BCUT2D eigenvalue weighted by Crippen LogP contribution is -2.35. The normalized spacial score (nSPS) is 15.0. The van der Waals surface area contributed by atoms with Crippen LogP contribution in [0.5, 0.6) is 0 Å². The zero-order valence-electron chi connectivity index (χ0n) is 78.6. The number of aromatic carboxylic acids is 2. The highest BCUT2D eigenvalue weighted by molar-refractivity contribution is 14.1. The molecule has 0 radical (unpaired) electrons. The highest BCUT2D eigenvalue weighted by Gasteiger charge is 2.44. The molecule has 5 amide bonds. The Morgan fingerprint density at radius 3 is 1.26 bits per heavy atom. The molecular formula is C96H111Br7I4N8O16P3S2+. The first kappa shape index (κ1) is 119.